The van der Waals surface area contributed by atoms with E-state index in [9.17, 15) is 5.11 Å². The minimum absolute atomic E-state index is 0.241. The van der Waals surface area contributed by atoms with Crippen LogP contribution in [0.25, 0.3) is 6.08 Å². The van der Waals surface area contributed by atoms with Gasteiger partial charge in [-0.15, -0.1) is 0 Å². The molecular formula is C18H21NO. The van der Waals surface area contributed by atoms with Gasteiger partial charge in [0.1, 0.15) is 0 Å². The topological polar surface area (TPSA) is 46.2 Å². The summed E-state index contributed by atoms with van der Waals surface area (Å²) in [4.78, 5) is 0. The second-order valence-electron chi connectivity index (χ2n) is 4.95. The number of aryl methyl sites for hydroxylation is 1. The van der Waals surface area contributed by atoms with E-state index in [0.717, 1.165) is 18.4 Å². The van der Waals surface area contributed by atoms with Gasteiger partial charge in [0.05, 0.1) is 6.10 Å². The number of aliphatic hydroxyl groups excluding tert-OH is 1. The first-order valence-corrected chi connectivity index (χ1v) is 6.96. The van der Waals surface area contributed by atoms with E-state index >= 15 is 0 Å². The van der Waals surface area contributed by atoms with E-state index in [1.807, 2.05) is 54.6 Å². The summed E-state index contributed by atoms with van der Waals surface area (Å²) in [5.41, 5.74) is 8.35. The van der Waals surface area contributed by atoms with Gasteiger partial charge in [-0.25, -0.2) is 0 Å². The summed E-state index contributed by atoms with van der Waals surface area (Å²) in [6, 6.07) is 19.9. The van der Waals surface area contributed by atoms with E-state index in [4.69, 9.17) is 5.73 Å². The average molecular weight is 267 g/mol. The van der Waals surface area contributed by atoms with Crippen molar-refractivity contribution >= 4 is 6.08 Å². The Hall–Kier alpha value is -1.90. The van der Waals surface area contributed by atoms with Crippen LogP contribution in [-0.4, -0.2) is 17.3 Å². The summed E-state index contributed by atoms with van der Waals surface area (Å²) in [7, 11) is 0. The van der Waals surface area contributed by atoms with E-state index in [2.05, 4.69) is 12.1 Å². The van der Waals surface area contributed by atoms with Crippen molar-refractivity contribution in [3.05, 3.63) is 77.9 Å². The fraction of sp³-hybridized carbons (Fsp3) is 0.222. The van der Waals surface area contributed by atoms with Crippen LogP contribution < -0.4 is 5.73 Å². The van der Waals surface area contributed by atoms with Gasteiger partial charge in [-0.2, -0.15) is 0 Å². The van der Waals surface area contributed by atoms with Crippen molar-refractivity contribution in [2.45, 2.75) is 25.0 Å². The molecule has 104 valence electrons. The Kier molecular flexibility index (Phi) is 5.54. The summed E-state index contributed by atoms with van der Waals surface area (Å²) in [5, 5.41) is 10.0. The third-order valence-electron chi connectivity index (χ3n) is 3.33. The van der Waals surface area contributed by atoms with Gasteiger partial charge in [-0.3, -0.25) is 0 Å². The van der Waals surface area contributed by atoms with E-state index in [1.54, 1.807) is 6.08 Å². The minimum Gasteiger partial charge on any atom is -0.387 e. The molecule has 0 heterocycles. The van der Waals surface area contributed by atoms with Gasteiger partial charge in [-0.1, -0.05) is 72.8 Å². The van der Waals surface area contributed by atoms with E-state index in [1.165, 1.54) is 5.56 Å². The summed E-state index contributed by atoms with van der Waals surface area (Å²) < 4.78 is 0. The Balaban J connectivity index is 1.83. The Bertz CT molecular complexity index is 522. The number of hydrogen-bond donors (Lipinski definition) is 2. The van der Waals surface area contributed by atoms with Crippen LogP contribution in [-0.2, 0) is 6.42 Å². The first kappa shape index (κ1) is 14.5. The SMILES string of the molecule is NC(CCc1ccccc1)C(O)/C=C/c1ccccc1. The van der Waals surface area contributed by atoms with Crippen LogP contribution in [0.3, 0.4) is 0 Å². The monoisotopic (exact) mass is 267 g/mol. The molecule has 2 aromatic carbocycles. The van der Waals surface area contributed by atoms with E-state index in [-0.39, 0.29) is 6.04 Å². The zero-order valence-corrected chi connectivity index (χ0v) is 11.5. The number of hydrogen-bond acceptors (Lipinski definition) is 2. The summed E-state index contributed by atoms with van der Waals surface area (Å²) in [6.07, 6.45) is 4.72. The molecule has 0 radical (unpaired) electrons. The average Bonchev–Trinajstić information content (AvgIpc) is 2.52. The molecule has 0 aliphatic rings. The standard InChI is InChI=1S/C18H21NO/c19-17(13-11-15-7-3-1-4-8-15)18(20)14-12-16-9-5-2-6-10-16/h1-10,12,14,17-18,20H,11,13,19H2/b14-12+. The predicted molar refractivity (Wildman–Crippen MR) is 84.2 cm³/mol. The Labute approximate surface area is 120 Å². The molecule has 0 amide bonds. The molecule has 2 rings (SSSR count). The lowest BCUT2D eigenvalue weighted by Gasteiger charge is -2.15. The maximum absolute atomic E-state index is 10.0. The number of rotatable bonds is 6. The fourth-order valence-corrected chi connectivity index (χ4v) is 2.07. The van der Waals surface area contributed by atoms with Gasteiger partial charge in [0.15, 0.2) is 0 Å². The van der Waals surface area contributed by atoms with Gasteiger partial charge in [0, 0.05) is 6.04 Å². The molecule has 2 atom stereocenters. The lowest BCUT2D eigenvalue weighted by Crippen LogP contribution is -2.33. The normalized spacial score (nSPS) is 14.3. The fourth-order valence-electron chi connectivity index (χ4n) is 2.07. The van der Waals surface area contributed by atoms with E-state index < -0.39 is 6.10 Å². The molecule has 2 heteroatoms. The highest BCUT2D eigenvalue weighted by molar-refractivity contribution is 5.49. The van der Waals surface area contributed by atoms with Gasteiger partial charge in [0.2, 0.25) is 0 Å². The van der Waals surface area contributed by atoms with Crippen molar-refractivity contribution < 1.29 is 5.11 Å². The van der Waals surface area contributed by atoms with Crippen molar-refractivity contribution in [2.75, 3.05) is 0 Å². The molecule has 0 spiro atoms. The number of nitrogens with two attached hydrogens (primary N) is 1. The van der Waals surface area contributed by atoms with Crippen LogP contribution in [0.2, 0.25) is 0 Å². The maximum atomic E-state index is 10.0. The van der Waals surface area contributed by atoms with Crippen LogP contribution in [0.1, 0.15) is 17.5 Å². The highest BCUT2D eigenvalue weighted by atomic mass is 16.3. The first-order chi connectivity index (χ1) is 9.75. The lowest BCUT2D eigenvalue weighted by atomic mass is 10.0. The summed E-state index contributed by atoms with van der Waals surface area (Å²) >= 11 is 0. The molecular weight excluding hydrogens is 246 g/mol. The molecule has 0 fully saturated rings. The molecule has 0 saturated heterocycles. The van der Waals surface area contributed by atoms with Crippen molar-refractivity contribution in [1.82, 2.24) is 0 Å². The van der Waals surface area contributed by atoms with E-state index in [0.29, 0.717) is 0 Å². The van der Waals surface area contributed by atoms with Crippen LogP contribution in [0.4, 0.5) is 0 Å². The van der Waals surface area contributed by atoms with Gasteiger partial charge in [0.25, 0.3) is 0 Å². The maximum Gasteiger partial charge on any atom is 0.0875 e. The molecule has 0 bridgehead atoms. The lowest BCUT2D eigenvalue weighted by molar-refractivity contribution is 0.187. The zero-order valence-electron chi connectivity index (χ0n) is 11.5. The molecule has 0 aliphatic carbocycles. The third kappa shape index (κ3) is 4.65. The van der Waals surface area contributed by atoms with Crippen LogP contribution in [0.15, 0.2) is 66.7 Å². The minimum atomic E-state index is -0.612. The largest absolute Gasteiger partial charge is 0.387 e. The van der Waals surface area contributed by atoms with Gasteiger partial charge < -0.3 is 10.8 Å². The quantitative estimate of drug-likeness (QED) is 0.845. The molecule has 3 N–H and O–H groups in total. The smallest absolute Gasteiger partial charge is 0.0875 e. The Morgan fingerprint density at radius 1 is 0.950 bits per heavy atom. The molecule has 2 aromatic rings. The third-order valence-corrected chi connectivity index (χ3v) is 3.33. The van der Waals surface area contributed by atoms with Gasteiger partial charge >= 0.3 is 0 Å². The second kappa shape index (κ2) is 7.63. The second-order valence-corrected chi connectivity index (χ2v) is 4.95. The summed E-state index contributed by atoms with van der Waals surface area (Å²) in [5.74, 6) is 0. The van der Waals surface area contributed by atoms with Crippen LogP contribution in [0, 0.1) is 0 Å². The Morgan fingerprint density at radius 2 is 1.55 bits per heavy atom. The molecule has 20 heavy (non-hydrogen) atoms. The molecule has 0 aliphatic heterocycles. The highest BCUT2D eigenvalue weighted by Crippen LogP contribution is 2.08. The first-order valence-electron chi connectivity index (χ1n) is 6.96. The molecule has 2 nitrogen and oxygen atoms in total. The number of benzene rings is 2. The molecule has 0 aromatic heterocycles. The van der Waals surface area contributed by atoms with Crippen molar-refractivity contribution in [3.8, 4) is 0 Å². The van der Waals surface area contributed by atoms with Crippen LogP contribution >= 0.6 is 0 Å². The van der Waals surface area contributed by atoms with Crippen molar-refractivity contribution in [2.24, 2.45) is 5.73 Å². The Morgan fingerprint density at radius 3 is 2.20 bits per heavy atom. The van der Waals surface area contributed by atoms with Crippen molar-refractivity contribution in [1.29, 1.82) is 0 Å². The van der Waals surface area contributed by atoms with Gasteiger partial charge in [-0.05, 0) is 24.0 Å². The predicted octanol–water partition coefficient (Wildman–Crippen LogP) is 3.02. The number of aliphatic hydroxyl groups is 1. The highest BCUT2D eigenvalue weighted by Gasteiger charge is 2.11. The zero-order chi connectivity index (χ0) is 14.2. The molecule has 2 unspecified atom stereocenters. The van der Waals surface area contributed by atoms with Crippen molar-refractivity contribution in [3.63, 3.8) is 0 Å². The van der Waals surface area contributed by atoms with Crippen LogP contribution in [0.5, 0.6) is 0 Å². The summed E-state index contributed by atoms with van der Waals surface area (Å²) in [6.45, 7) is 0. The molecule has 0 saturated carbocycles.